The molecule has 2 amide bonds. The molecule has 1 aliphatic heterocycles. The molecule has 0 bridgehead atoms. The van der Waals surface area contributed by atoms with Crippen molar-refractivity contribution in [1.29, 1.82) is 0 Å². The lowest BCUT2D eigenvalue weighted by Gasteiger charge is -2.34. The first kappa shape index (κ1) is 17.2. The number of furan rings is 1. The van der Waals surface area contributed by atoms with Crippen molar-refractivity contribution in [2.45, 2.75) is 31.4 Å². The number of piperidine rings is 1. The SMILES string of the molecule is O=C(NCC(O)c1ccco1)C(c1ccccc1)N1CCCCC1=O. The largest absolute Gasteiger partial charge is 0.467 e. The van der Waals surface area contributed by atoms with Crippen LogP contribution in [0.2, 0.25) is 0 Å². The van der Waals surface area contributed by atoms with E-state index in [2.05, 4.69) is 5.32 Å². The minimum atomic E-state index is -0.924. The van der Waals surface area contributed by atoms with Crippen LogP contribution in [0, 0.1) is 0 Å². The van der Waals surface area contributed by atoms with Gasteiger partial charge in [0.1, 0.15) is 17.9 Å². The van der Waals surface area contributed by atoms with Gasteiger partial charge in [-0.25, -0.2) is 0 Å². The van der Waals surface area contributed by atoms with Crippen molar-refractivity contribution >= 4 is 11.8 Å². The molecule has 3 rings (SSSR count). The average Bonchev–Trinajstić information content (AvgIpc) is 3.17. The molecule has 0 radical (unpaired) electrons. The number of hydrogen-bond donors (Lipinski definition) is 2. The maximum Gasteiger partial charge on any atom is 0.247 e. The number of nitrogens with one attached hydrogen (secondary N) is 1. The van der Waals surface area contributed by atoms with Crippen LogP contribution < -0.4 is 5.32 Å². The molecule has 2 heterocycles. The number of aliphatic hydroxyl groups is 1. The second kappa shape index (κ2) is 7.98. The van der Waals surface area contributed by atoms with Crippen LogP contribution >= 0.6 is 0 Å². The van der Waals surface area contributed by atoms with E-state index in [4.69, 9.17) is 4.42 Å². The van der Waals surface area contributed by atoms with Crippen molar-refractivity contribution in [1.82, 2.24) is 10.2 Å². The highest BCUT2D eigenvalue weighted by molar-refractivity contribution is 5.89. The fourth-order valence-corrected chi connectivity index (χ4v) is 3.08. The Balaban J connectivity index is 1.74. The molecule has 0 aliphatic carbocycles. The number of likely N-dealkylation sites (tertiary alicyclic amines) is 1. The molecule has 1 aromatic heterocycles. The van der Waals surface area contributed by atoms with Gasteiger partial charge < -0.3 is 19.7 Å². The first-order chi connectivity index (χ1) is 12.2. The second-order valence-electron chi connectivity index (χ2n) is 6.13. The molecule has 25 heavy (non-hydrogen) atoms. The maximum atomic E-state index is 12.8. The monoisotopic (exact) mass is 342 g/mol. The van der Waals surface area contributed by atoms with Gasteiger partial charge in [0.2, 0.25) is 11.8 Å². The smallest absolute Gasteiger partial charge is 0.247 e. The molecule has 6 heteroatoms. The van der Waals surface area contributed by atoms with Crippen molar-refractivity contribution in [3.63, 3.8) is 0 Å². The summed E-state index contributed by atoms with van der Waals surface area (Å²) in [5, 5.41) is 12.8. The Bertz CT molecular complexity index is 699. The van der Waals surface area contributed by atoms with Crippen molar-refractivity contribution < 1.29 is 19.1 Å². The van der Waals surface area contributed by atoms with Gasteiger partial charge in [-0.1, -0.05) is 30.3 Å². The van der Waals surface area contributed by atoms with E-state index in [0.717, 1.165) is 18.4 Å². The predicted molar refractivity (Wildman–Crippen MR) is 91.4 cm³/mol. The number of carbonyl (C=O) groups excluding carboxylic acids is 2. The summed E-state index contributed by atoms with van der Waals surface area (Å²) in [7, 11) is 0. The zero-order valence-electron chi connectivity index (χ0n) is 13.9. The van der Waals surface area contributed by atoms with E-state index in [1.165, 1.54) is 6.26 Å². The molecular weight excluding hydrogens is 320 g/mol. The van der Waals surface area contributed by atoms with Crippen LogP contribution in [0.3, 0.4) is 0 Å². The van der Waals surface area contributed by atoms with Gasteiger partial charge in [0.05, 0.1) is 12.8 Å². The van der Waals surface area contributed by atoms with Crippen LogP contribution in [0.15, 0.2) is 53.1 Å². The van der Waals surface area contributed by atoms with E-state index >= 15 is 0 Å². The van der Waals surface area contributed by atoms with E-state index in [1.54, 1.807) is 17.0 Å². The maximum absolute atomic E-state index is 12.8. The lowest BCUT2D eigenvalue weighted by atomic mass is 10.0. The number of hydrogen-bond acceptors (Lipinski definition) is 4. The first-order valence-electron chi connectivity index (χ1n) is 8.50. The van der Waals surface area contributed by atoms with Crippen molar-refractivity contribution in [2.75, 3.05) is 13.1 Å². The number of nitrogens with zero attached hydrogens (tertiary/aromatic N) is 1. The summed E-state index contributed by atoms with van der Waals surface area (Å²) in [5.74, 6) is 0.0829. The number of aliphatic hydroxyl groups excluding tert-OH is 1. The molecule has 1 aliphatic rings. The standard InChI is InChI=1S/C19H22N2O4/c22-15(16-9-6-12-25-16)13-20-19(24)18(14-7-2-1-3-8-14)21-11-5-4-10-17(21)23/h1-3,6-9,12,15,18,22H,4-5,10-11,13H2,(H,20,24). The molecule has 1 aromatic carbocycles. The number of rotatable bonds is 6. The second-order valence-corrected chi connectivity index (χ2v) is 6.13. The Morgan fingerprint density at radius 3 is 2.68 bits per heavy atom. The lowest BCUT2D eigenvalue weighted by molar-refractivity contribution is -0.143. The molecule has 0 spiro atoms. The molecule has 132 valence electrons. The van der Waals surface area contributed by atoms with E-state index in [0.29, 0.717) is 18.7 Å². The Labute approximate surface area is 146 Å². The quantitative estimate of drug-likeness (QED) is 0.843. The van der Waals surface area contributed by atoms with Crippen molar-refractivity contribution in [3.05, 3.63) is 60.1 Å². The van der Waals surface area contributed by atoms with Gasteiger partial charge >= 0.3 is 0 Å². The fourth-order valence-electron chi connectivity index (χ4n) is 3.08. The Kier molecular flexibility index (Phi) is 5.50. The molecule has 2 aromatic rings. The summed E-state index contributed by atoms with van der Waals surface area (Å²) in [4.78, 5) is 26.8. The highest BCUT2D eigenvalue weighted by Gasteiger charge is 2.32. The van der Waals surface area contributed by atoms with Crippen molar-refractivity contribution in [3.8, 4) is 0 Å². The van der Waals surface area contributed by atoms with E-state index in [1.807, 2.05) is 30.3 Å². The highest BCUT2D eigenvalue weighted by Crippen LogP contribution is 2.26. The van der Waals surface area contributed by atoms with Gasteiger partial charge in [0, 0.05) is 13.0 Å². The van der Waals surface area contributed by atoms with E-state index in [9.17, 15) is 14.7 Å². The van der Waals surface area contributed by atoms with Crippen LogP contribution in [0.25, 0.3) is 0 Å². The first-order valence-corrected chi connectivity index (χ1v) is 8.50. The minimum absolute atomic E-state index is 0.0122. The molecule has 2 atom stereocenters. The summed E-state index contributed by atoms with van der Waals surface area (Å²) in [6.07, 6.45) is 2.76. The summed E-state index contributed by atoms with van der Waals surface area (Å²) in [5.41, 5.74) is 0.766. The van der Waals surface area contributed by atoms with Crippen molar-refractivity contribution in [2.24, 2.45) is 0 Å². The van der Waals surface area contributed by atoms with Crippen LogP contribution in [0.4, 0.5) is 0 Å². The van der Waals surface area contributed by atoms with Crippen LogP contribution in [-0.2, 0) is 9.59 Å². The molecule has 2 N–H and O–H groups in total. The molecular formula is C19H22N2O4. The lowest BCUT2D eigenvalue weighted by Crippen LogP contribution is -2.46. The number of benzene rings is 1. The van der Waals surface area contributed by atoms with Gasteiger partial charge in [0.15, 0.2) is 0 Å². The van der Waals surface area contributed by atoms with E-state index < -0.39 is 12.1 Å². The fraction of sp³-hybridized carbons (Fsp3) is 0.368. The molecule has 6 nitrogen and oxygen atoms in total. The highest BCUT2D eigenvalue weighted by atomic mass is 16.4. The summed E-state index contributed by atoms with van der Waals surface area (Å²) >= 11 is 0. The minimum Gasteiger partial charge on any atom is -0.467 e. The van der Waals surface area contributed by atoms with Gasteiger partial charge in [-0.2, -0.15) is 0 Å². The van der Waals surface area contributed by atoms with Gasteiger partial charge in [0.25, 0.3) is 0 Å². The molecule has 1 fully saturated rings. The van der Waals surface area contributed by atoms with E-state index in [-0.39, 0.29) is 18.4 Å². The molecule has 1 saturated heterocycles. The molecule has 0 saturated carbocycles. The summed E-state index contributed by atoms with van der Waals surface area (Å²) in [6.45, 7) is 0.588. The van der Waals surface area contributed by atoms with Gasteiger partial charge in [-0.15, -0.1) is 0 Å². The van der Waals surface area contributed by atoms with Crippen LogP contribution in [0.1, 0.15) is 42.7 Å². The van der Waals surface area contributed by atoms with Gasteiger partial charge in [-0.05, 0) is 30.5 Å². The summed E-state index contributed by atoms with van der Waals surface area (Å²) < 4.78 is 5.14. The van der Waals surface area contributed by atoms with Crippen LogP contribution in [0.5, 0.6) is 0 Å². The number of amides is 2. The third kappa shape index (κ3) is 4.09. The Hall–Kier alpha value is -2.60. The predicted octanol–water partition coefficient (Wildman–Crippen LogP) is 2.18. The van der Waals surface area contributed by atoms with Gasteiger partial charge in [-0.3, -0.25) is 9.59 Å². The zero-order chi connectivity index (χ0) is 17.6. The molecule has 2 unspecified atom stereocenters. The summed E-state index contributed by atoms with van der Waals surface area (Å²) in [6, 6.07) is 11.9. The normalized spacial score (nSPS) is 17.2. The number of carbonyl (C=O) groups is 2. The van der Waals surface area contributed by atoms with Crippen LogP contribution in [-0.4, -0.2) is 34.9 Å². The Morgan fingerprint density at radius 2 is 2.00 bits per heavy atom. The Morgan fingerprint density at radius 1 is 1.20 bits per heavy atom. The average molecular weight is 342 g/mol. The topological polar surface area (TPSA) is 82.8 Å². The third-order valence-electron chi connectivity index (χ3n) is 4.38. The third-order valence-corrected chi connectivity index (χ3v) is 4.38. The zero-order valence-corrected chi connectivity index (χ0v) is 13.9.